The molecular weight excluding hydrogens is 598 g/mol. The van der Waals surface area contributed by atoms with Crippen LogP contribution in [-0.4, -0.2) is 93.8 Å². The highest BCUT2D eigenvalue weighted by Gasteiger charge is 2.38. The molecular formula is C36H45N5O6. The molecule has 2 saturated heterocycles. The van der Waals surface area contributed by atoms with E-state index in [1.54, 1.807) is 18.7 Å². The van der Waals surface area contributed by atoms with Gasteiger partial charge in [-0.3, -0.25) is 9.59 Å². The summed E-state index contributed by atoms with van der Waals surface area (Å²) in [6.45, 7) is 10.7. The fourth-order valence-corrected chi connectivity index (χ4v) is 6.85. The zero-order valence-corrected chi connectivity index (χ0v) is 27.8. The van der Waals surface area contributed by atoms with Gasteiger partial charge >= 0.3 is 6.09 Å². The molecule has 1 saturated carbocycles. The van der Waals surface area contributed by atoms with Crippen LogP contribution in [0.2, 0.25) is 0 Å². The Hall–Kier alpha value is -4.54. The molecule has 3 heterocycles. The predicted molar refractivity (Wildman–Crippen MR) is 177 cm³/mol. The third-order valence-corrected chi connectivity index (χ3v) is 9.58. The lowest BCUT2D eigenvalue weighted by atomic mass is 9.95. The topological polar surface area (TPSA) is 120 Å². The van der Waals surface area contributed by atoms with Crippen LogP contribution in [0.25, 0.3) is 11.1 Å². The van der Waals surface area contributed by atoms with Crippen LogP contribution in [0.15, 0.2) is 53.1 Å². The number of hydrogen-bond acceptors (Lipinski definition) is 7. The van der Waals surface area contributed by atoms with E-state index in [4.69, 9.17) is 9.26 Å². The van der Waals surface area contributed by atoms with Gasteiger partial charge in [-0.05, 0) is 76.6 Å². The van der Waals surface area contributed by atoms with Crippen molar-refractivity contribution in [3.05, 3.63) is 65.5 Å². The van der Waals surface area contributed by atoms with E-state index in [0.29, 0.717) is 38.0 Å². The molecule has 1 aromatic heterocycles. The zero-order chi connectivity index (χ0) is 33.3. The number of benzene rings is 2. The summed E-state index contributed by atoms with van der Waals surface area (Å²) in [5.41, 5.74) is 3.91. The summed E-state index contributed by atoms with van der Waals surface area (Å²) in [7, 11) is 0. The maximum Gasteiger partial charge on any atom is 0.407 e. The quantitative estimate of drug-likeness (QED) is 0.332. The van der Waals surface area contributed by atoms with E-state index in [-0.39, 0.29) is 30.8 Å². The molecule has 1 aliphatic carbocycles. The van der Waals surface area contributed by atoms with Gasteiger partial charge in [-0.1, -0.05) is 35.5 Å². The van der Waals surface area contributed by atoms with Crippen LogP contribution in [0.3, 0.4) is 0 Å². The third kappa shape index (κ3) is 7.24. The van der Waals surface area contributed by atoms with Crippen molar-refractivity contribution in [2.24, 2.45) is 5.92 Å². The molecule has 6 rings (SSSR count). The number of amides is 3. The number of carbonyl (C=O) groups is 3. The number of anilines is 1. The van der Waals surface area contributed by atoms with E-state index in [9.17, 15) is 19.5 Å². The summed E-state index contributed by atoms with van der Waals surface area (Å²) >= 11 is 0. The number of piperidine rings is 1. The number of piperazine rings is 1. The first kappa shape index (κ1) is 32.4. The fourth-order valence-electron chi connectivity index (χ4n) is 6.85. The normalized spacial score (nSPS) is 18.6. The minimum atomic E-state index is -1.12. The lowest BCUT2D eigenvalue weighted by Crippen LogP contribution is -2.56. The van der Waals surface area contributed by atoms with E-state index in [2.05, 4.69) is 39.2 Å². The van der Waals surface area contributed by atoms with Crippen molar-refractivity contribution in [3.8, 4) is 16.9 Å². The molecule has 0 unspecified atom stereocenters. The average molecular weight is 644 g/mol. The molecule has 0 spiro atoms. The monoisotopic (exact) mass is 643 g/mol. The van der Waals surface area contributed by atoms with Gasteiger partial charge in [0.05, 0.1) is 11.6 Å². The van der Waals surface area contributed by atoms with Crippen LogP contribution < -0.4 is 9.64 Å². The van der Waals surface area contributed by atoms with Gasteiger partial charge in [-0.2, -0.15) is 0 Å². The van der Waals surface area contributed by atoms with Crippen molar-refractivity contribution in [3.63, 3.8) is 0 Å². The highest BCUT2D eigenvalue weighted by molar-refractivity contribution is 5.85. The van der Waals surface area contributed by atoms with Gasteiger partial charge in [-0.15, -0.1) is 0 Å². The van der Waals surface area contributed by atoms with E-state index < -0.39 is 11.7 Å². The van der Waals surface area contributed by atoms with Gasteiger partial charge in [0.25, 0.3) is 5.91 Å². The largest absolute Gasteiger partial charge is 0.478 e. The molecule has 0 bridgehead atoms. The number of nitrogens with zero attached hydrogens (tertiary/aromatic N) is 5. The molecule has 2 aliphatic heterocycles. The Morgan fingerprint density at radius 3 is 2.32 bits per heavy atom. The molecule has 11 nitrogen and oxygen atoms in total. The number of hydrogen-bond donors (Lipinski definition) is 1. The molecule has 47 heavy (non-hydrogen) atoms. The average Bonchev–Trinajstić information content (AvgIpc) is 3.86. The molecule has 3 aliphatic rings. The maximum absolute atomic E-state index is 14.0. The molecule has 3 aromatic rings. The Morgan fingerprint density at radius 2 is 1.68 bits per heavy atom. The SMILES string of the molecule is Cc1noc(C)c1-c1ccc(CN(C(=O)[C@@H]2CCCN(c3cccc(OC(C)(C)C(=O)N4CCN(C(=O)O)CC4)c3)C2)C2CC2)cc1. The Labute approximate surface area is 276 Å². The van der Waals surface area contributed by atoms with Crippen molar-refractivity contribution in [2.45, 2.75) is 71.6 Å². The summed E-state index contributed by atoms with van der Waals surface area (Å²) in [6.07, 6.45) is 2.89. The van der Waals surface area contributed by atoms with Gasteiger partial charge in [0.1, 0.15) is 11.5 Å². The van der Waals surface area contributed by atoms with Crippen LogP contribution in [-0.2, 0) is 16.1 Å². The van der Waals surface area contributed by atoms with Crippen molar-refractivity contribution in [1.29, 1.82) is 0 Å². The second-order valence-electron chi connectivity index (χ2n) is 13.6. The van der Waals surface area contributed by atoms with Crippen LogP contribution in [0.1, 0.15) is 56.5 Å². The number of carboxylic acid groups (broad SMARTS) is 1. The predicted octanol–water partition coefficient (Wildman–Crippen LogP) is 5.35. The highest BCUT2D eigenvalue weighted by Crippen LogP contribution is 2.34. The summed E-state index contributed by atoms with van der Waals surface area (Å²) < 4.78 is 11.6. The number of ether oxygens (including phenoxy) is 1. The van der Waals surface area contributed by atoms with Crippen molar-refractivity contribution >= 4 is 23.6 Å². The molecule has 1 N–H and O–H groups in total. The number of rotatable bonds is 9. The minimum absolute atomic E-state index is 0.0991. The summed E-state index contributed by atoms with van der Waals surface area (Å²) in [5.74, 6) is 1.33. The van der Waals surface area contributed by atoms with Crippen molar-refractivity contribution < 1.29 is 28.8 Å². The minimum Gasteiger partial charge on any atom is -0.478 e. The number of carbonyl (C=O) groups excluding carboxylic acids is 2. The molecule has 3 amide bonds. The third-order valence-electron chi connectivity index (χ3n) is 9.58. The summed E-state index contributed by atoms with van der Waals surface area (Å²) in [4.78, 5) is 45.9. The Kier molecular flexibility index (Phi) is 9.16. The van der Waals surface area contributed by atoms with Crippen LogP contribution in [0, 0.1) is 19.8 Å². The molecule has 250 valence electrons. The second kappa shape index (κ2) is 13.3. The Bertz CT molecular complexity index is 1590. The molecule has 2 aromatic carbocycles. The standard InChI is InChI=1S/C36H45N5O6/c1-24-32(25(2)47-37-24)27-12-10-26(11-13-27)22-41(29-14-15-29)33(42)28-7-6-16-40(23-28)30-8-5-9-31(21-30)46-36(3,4)34(43)38-17-19-39(20-18-38)35(44)45/h5,8-13,21,28-29H,6-7,14-20,22-23H2,1-4H3,(H,44,45)/t28-/m1/s1. The van der Waals surface area contributed by atoms with Gasteiger partial charge < -0.3 is 34.0 Å². The smallest absolute Gasteiger partial charge is 0.407 e. The summed E-state index contributed by atoms with van der Waals surface area (Å²) in [6, 6.07) is 16.4. The first-order valence-electron chi connectivity index (χ1n) is 16.6. The Balaban J connectivity index is 1.09. The highest BCUT2D eigenvalue weighted by atomic mass is 16.5. The maximum atomic E-state index is 14.0. The zero-order valence-electron chi connectivity index (χ0n) is 27.8. The van der Waals surface area contributed by atoms with Crippen molar-refractivity contribution in [1.82, 2.24) is 19.9 Å². The fraction of sp³-hybridized carbons (Fsp3) is 0.500. The molecule has 11 heteroatoms. The Morgan fingerprint density at radius 1 is 0.979 bits per heavy atom. The van der Waals surface area contributed by atoms with Gasteiger partial charge in [0, 0.05) is 69.2 Å². The van der Waals surface area contributed by atoms with Crippen molar-refractivity contribution in [2.75, 3.05) is 44.2 Å². The second-order valence-corrected chi connectivity index (χ2v) is 13.6. The first-order valence-corrected chi connectivity index (χ1v) is 16.6. The number of aromatic nitrogens is 1. The van der Waals surface area contributed by atoms with Gasteiger partial charge in [0.15, 0.2) is 5.60 Å². The van der Waals surface area contributed by atoms with Gasteiger partial charge in [-0.25, -0.2) is 4.79 Å². The van der Waals surface area contributed by atoms with E-state index >= 15 is 0 Å². The molecule has 3 fully saturated rings. The molecule has 0 radical (unpaired) electrons. The first-order chi connectivity index (χ1) is 22.5. The number of aryl methyl sites for hydroxylation is 2. The van der Waals surface area contributed by atoms with E-state index in [1.807, 2.05) is 38.1 Å². The molecule has 1 atom stereocenters. The lowest BCUT2D eigenvalue weighted by Gasteiger charge is -2.38. The van der Waals surface area contributed by atoms with Crippen LogP contribution in [0.5, 0.6) is 5.75 Å². The van der Waals surface area contributed by atoms with Gasteiger partial charge in [0.2, 0.25) is 5.91 Å². The van der Waals surface area contributed by atoms with Crippen LogP contribution in [0.4, 0.5) is 10.5 Å². The van der Waals surface area contributed by atoms with E-state index in [1.165, 1.54) is 4.90 Å². The van der Waals surface area contributed by atoms with Crippen LogP contribution >= 0.6 is 0 Å². The summed E-state index contributed by atoms with van der Waals surface area (Å²) in [5, 5.41) is 13.3. The lowest BCUT2D eigenvalue weighted by molar-refractivity contribution is -0.147. The van der Waals surface area contributed by atoms with E-state index in [0.717, 1.165) is 66.1 Å².